The molecule has 0 aliphatic heterocycles. The lowest BCUT2D eigenvalue weighted by atomic mass is 10.1. The molecule has 2 heterocycles. The van der Waals surface area contributed by atoms with Crippen molar-refractivity contribution in [1.82, 2.24) is 20.5 Å². The average molecular weight is 428 g/mol. The van der Waals surface area contributed by atoms with E-state index >= 15 is 0 Å². The molecule has 2 aromatic rings. The minimum Gasteiger partial charge on any atom is -0.470 e. The second-order valence-electron chi connectivity index (χ2n) is 6.45. The molecule has 7 nitrogen and oxygen atoms in total. The number of pyridine rings is 1. The highest BCUT2D eigenvalue weighted by Crippen LogP contribution is 2.23. The molecule has 1 unspecified atom stereocenters. The maximum absolute atomic E-state index is 12.9. The third-order valence-corrected chi connectivity index (χ3v) is 4.07. The van der Waals surface area contributed by atoms with Crippen molar-refractivity contribution in [3.05, 3.63) is 47.4 Å². The zero-order valence-electron chi connectivity index (χ0n) is 16.2. The van der Waals surface area contributed by atoms with E-state index < -0.39 is 36.8 Å². The molecule has 0 saturated carbocycles. The Morgan fingerprint density at radius 3 is 2.53 bits per heavy atom. The molecule has 1 amide bonds. The highest BCUT2D eigenvalue weighted by atomic mass is 19.3. The minimum atomic E-state index is -4.32. The van der Waals surface area contributed by atoms with Crippen molar-refractivity contribution >= 4 is 11.7 Å². The fourth-order valence-corrected chi connectivity index (χ4v) is 2.30. The van der Waals surface area contributed by atoms with Crippen LogP contribution in [-0.2, 0) is 11.2 Å². The van der Waals surface area contributed by atoms with Crippen molar-refractivity contribution < 1.29 is 31.9 Å². The van der Waals surface area contributed by atoms with Crippen LogP contribution in [0.2, 0.25) is 0 Å². The van der Waals surface area contributed by atoms with Gasteiger partial charge in [-0.1, -0.05) is 6.92 Å². The highest BCUT2D eigenvalue weighted by Gasteiger charge is 2.41. The van der Waals surface area contributed by atoms with Gasteiger partial charge in [-0.05, 0) is 30.7 Å². The van der Waals surface area contributed by atoms with E-state index in [1.165, 1.54) is 12.3 Å². The number of nitrogens with one attached hydrogen (secondary N) is 1. The van der Waals surface area contributed by atoms with Gasteiger partial charge in [0.1, 0.15) is 5.78 Å². The molecule has 1 N–H and O–H groups in total. The highest BCUT2D eigenvalue weighted by molar-refractivity contribution is 5.92. The van der Waals surface area contributed by atoms with Gasteiger partial charge in [0.2, 0.25) is 5.88 Å². The zero-order valence-corrected chi connectivity index (χ0v) is 16.2. The number of halogens is 4. The van der Waals surface area contributed by atoms with Gasteiger partial charge in [0.25, 0.3) is 5.91 Å². The smallest absolute Gasteiger partial charge is 0.340 e. The first kappa shape index (κ1) is 23.2. The average Bonchev–Trinajstić information content (AvgIpc) is 2.72. The molecule has 0 fully saturated rings. The first-order chi connectivity index (χ1) is 14.1. The maximum atomic E-state index is 12.9. The van der Waals surface area contributed by atoms with Gasteiger partial charge in [-0.2, -0.15) is 8.78 Å². The Kier molecular flexibility index (Phi) is 7.79. The molecule has 0 saturated heterocycles. The summed E-state index contributed by atoms with van der Waals surface area (Å²) in [5.74, 6) is -5.29. The molecule has 0 spiro atoms. The number of Topliss-reactive ketones (excluding diaryl/α,β-unsaturated/α-hetero) is 1. The number of hydrogen-bond donors (Lipinski definition) is 1. The SMILES string of the molecule is CCC(=O)Cc1cc(C(C)NC(=O)c2ccc(OCC(F)(F)C(F)F)nn2)ccn1. The molecule has 162 valence electrons. The summed E-state index contributed by atoms with van der Waals surface area (Å²) in [7, 11) is 0. The number of ether oxygens (including phenoxy) is 1. The summed E-state index contributed by atoms with van der Waals surface area (Å²) in [5.41, 5.74) is 1.19. The number of alkyl halides is 4. The van der Waals surface area contributed by atoms with E-state index in [-0.39, 0.29) is 17.9 Å². The van der Waals surface area contributed by atoms with E-state index in [9.17, 15) is 27.2 Å². The second-order valence-corrected chi connectivity index (χ2v) is 6.45. The largest absolute Gasteiger partial charge is 0.470 e. The van der Waals surface area contributed by atoms with Crippen LogP contribution in [0.4, 0.5) is 17.6 Å². The Balaban J connectivity index is 1.97. The maximum Gasteiger partial charge on any atom is 0.340 e. The van der Waals surface area contributed by atoms with E-state index in [0.29, 0.717) is 12.1 Å². The molecule has 0 aliphatic rings. The first-order valence-corrected chi connectivity index (χ1v) is 9.02. The first-order valence-electron chi connectivity index (χ1n) is 9.02. The van der Waals surface area contributed by atoms with Crippen LogP contribution in [0.25, 0.3) is 0 Å². The Hall–Kier alpha value is -3.11. The number of aromatic nitrogens is 3. The summed E-state index contributed by atoms with van der Waals surface area (Å²) in [6.07, 6.45) is -1.73. The van der Waals surface area contributed by atoms with Crippen LogP contribution in [-0.4, -0.2) is 45.8 Å². The van der Waals surface area contributed by atoms with Gasteiger partial charge in [-0.25, -0.2) is 8.78 Å². The minimum absolute atomic E-state index is 0.0419. The van der Waals surface area contributed by atoms with Gasteiger partial charge in [0.15, 0.2) is 12.3 Å². The van der Waals surface area contributed by atoms with Crippen molar-refractivity contribution in [3.8, 4) is 5.88 Å². The van der Waals surface area contributed by atoms with Crippen LogP contribution in [0, 0.1) is 0 Å². The Bertz CT molecular complexity index is 878. The fourth-order valence-electron chi connectivity index (χ4n) is 2.30. The lowest BCUT2D eigenvalue weighted by Crippen LogP contribution is -2.34. The van der Waals surface area contributed by atoms with E-state index in [1.807, 2.05) is 0 Å². The number of ketones is 1. The lowest BCUT2D eigenvalue weighted by Gasteiger charge is -2.16. The normalized spacial score (nSPS) is 12.5. The summed E-state index contributed by atoms with van der Waals surface area (Å²) >= 11 is 0. The molecule has 0 aliphatic carbocycles. The van der Waals surface area contributed by atoms with Crippen LogP contribution >= 0.6 is 0 Å². The van der Waals surface area contributed by atoms with Gasteiger partial charge in [0, 0.05) is 30.8 Å². The van der Waals surface area contributed by atoms with Crippen molar-refractivity contribution in [2.75, 3.05) is 6.61 Å². The standard InChI is InChI=1S/C19H20F4N4O3/c1-3-14(28)9-13-8-12(6-7-24-13)11(2)25-17(29)15-4-5-16(27-26-15)30-10-19(22,23)18(20)21/h4-8,11,18H,3,9-10H2,1-2H3,(H,25,29). The summed E-state index contributed by atoms with van der Waals surface area (Å²) in [5, 5.41) is 9.69. The van der Waals surface area contributed by atoms with Crippen LogP contribution in [0.5, 0.6) is 5.88 Å². The van der Waals surface area contributed by atoms with E-state index in [2.05, 4.69) is 25.2 Å². The van der Waals surface area contributed by atoms with Crippen molar-refractivity contribution in [2.45, 2.75) is 45.1 Å². The summed E-state index contributed by atoms with van der Waals surface area (Å²) in [6, 6.07) is 5.21. The second kappa shape index (κ2) is 10.1. The van der Waals surface area contributed by atoms with Gasteiger partial charge < -0.3 is 10.1 Å². The van der Waals surface area contributed by atoms with E-state index in [0.717, 1.165) is 11.6 Å². The molecule has 11 heteroatoms. The summed E-state index contributed by atoms with van der Waals surface area (Å²) in [4.78, 5) is 28.0. The summed E-state index contributed by atoms with van der Waals surface area (Å²) in [6.45, 7) is 1.92. The van der Waals surface area contributed by atoms with Crippen LogP contribution in [0.1, 0.15) is 48.1 Å². The number of carbonyl (C=O) groups is 2. The number of carbonyl (C=O) groups excluding carboxylic acids is 2. The van der Waals surface area contributed by atoms with Crippen LogP contribution in [0.15, 0.2) is 30.5 Å². The van der Waals surface area contributed by atoms with Crippen molar-refractivity contribution in [3.63, 3.8) is 0 Å². The third kappa shape index (κ3) is 6.46. The van der Waals surface area contributed by atoms with Gasteiger partial charge in [0.05, 0.1) is 6.04 Å². The number of nitrogens with zero attached hydrogens (tertiary/aromatic N) is 3. The lowest BCUT2D eigenvalue weighted by molar-refractivity contribution is -0.148. The van der Waals surface area contributed by atoms with E-state index in [4.69, 9.17) is 0 Å². The Labute approximate surface area is 169 Å². The molecule has 0 aromatic carbocycles. The van der Waals surface area contributed by atoms with Crippen molar-refractivity contribution in [1.29, 1.82) is 0 Å². The van der Waals surface area contributed by atoms with E-state index in [1.54, 1.807) is 26.0 Å². The molecule has 2 rings (SSSR count). The monoisotopic (exact) mass is 428 g/mol. The van der Waals surface area contributed by atoms with Gasteiger partial charge in [-0.3, -0.25) is 14.6 Å². The third-order valence-electron chi connectivity index (χ3n) is 4.07. The number of amides is 1. The molecule has 1 atom stereocenters. The molecule has 30 heavy (non-hydrogen) atoms. The molecule has 0 radical (unpaired) electrons. The number of hydrogen-bond acceptors (Lipinski definition) is 6. The predicted octanol–water partition coefficient (Wildman–Crippen LogP) is 3.16. The molecular formula is C19H20F4N4O3. The molecule has 0 bridgehead atoms. The summed E-state index contributed by atoms with van der Waals surface area (Å²) < 4.78 is 54.4. The fraction of sp³-hybridized carbons (Fsp3) is 0.421. The predicted molar refractivity (Wildman–Crippen MR) is 97.6 cm³/mol. The van der Waals surface area contributed by atoms with Crippen LogP contribution < -0.4 is 10.1 Å². The Morgan fingerprint density at radius 2 is 1.93 bits per heavy atom. The van der Waals surface area contributed by atoms with Crippen molar-refractivity contribution in [2.24, 2.45) is 0 Å². The quantitative estimate of drug-likeness (QED) is 0.585. The molecular weight excluding hydrogens is 408 g/mol. The van der Waals surface area contributed by atoms with Gasteiger partial charge >= 0.3 is 12.3 Å². The topological polar surface area (TPSA) is 94.1 Å². The van der Waals surface area contributed by atoms with Crippen LogP contribution in [0.3, 0.4) is 0 Å². The molecule has 2 aromatic heterocycles. The Morgan fingerprint density at radius 1 is 1.20 bits per heavy atom. The van der Waals surface area contributed by atoms with Gasteiger partial charge in [-0.15, -0.1) is 10.2 Å². The number of rotatable bonds is 10. The zero-order chi connectivity index (χ0) is 22.3.